The van der Waals surface area contributed by atoms with E-state index in [-0.39, 0.29) is 11.9 Å². The maximum atomic E-state index is 13.9. The summed E-state index contributed by atoms with van der Waals surface area (Å²) in [5, 5.41) is 0. The maximum absolute atomic E-state index is 13.9. The Hall–Kier alpha value is -1.10. The number of anilines is 2. The van der Waals surface area contributed by atoms with Crippen molar-refractivity contribution in [2.75, 3.05) is 36.8 Å². The van der Waals surface area contributed by atoms with Crippen LogP contribution < -0.4 is 15.4 Å². The number of nitrogens with zero attached hydrogens (tertiary/aromatic N) is 1. The summed E-state index contributed by atoms with van der Waals surface area (Å²) in [4.78, 5) is 1.92. The van der Waals surface area contributed by atoms with E-state index in [9.17, 15) is 4.39 Å². The number of benzene rings is 1. The van der Waals surface area contributed by atoms with Gasteiger partial charge >= 0.3 is 0 Å². The maximum Gasteiger partial charge on any atom is 0.148 e. The predicted molar refractivity (Wildman–Crippen MR) is 78.2 cm³/mol. The van der Waals surface area contributed by atoms with Gasteiger partial charge in [-0.1, -0.05) is 0 Å². The van der Waals surface area contributed by atoms with E-state index in [1.54, 1.807) is 17.8 Å². The van der Waals surface area contributed by atoms with Gasteiger partial charge in [-0.15, -0.1) is 0 Å². The summed E-state index contributed by atoms with van der Waals surface area (Å²) in [6, 6.07) is 3.23. The molecule has 0 amide bonds. The van der Waals surface area contributed by atoms with E-state index < -0.39 is 0 Å². The third-order valence-corrected chi connectivity index (χ3v) is 3.72. The Labute approximate surface area is 112 Å². The average molecular weight is 272 g/mol. The van der Waals surface area contributed by atoms with Gasteiger partial charge in [0.2, 0.25) is 0 Å². The minimum Gasteiger partial charge on any atom is -0.495 e. The first-order valence-corrected chi connectivity index (χ1v) is 7.25. The van der Waals surface area contributed by atoms with Crippen LogP contribution in [0.15, 0.2) is 12.1 Å². The smallest absolute Gasteiger partial charge is 0.148 e. The number of hydrogen-bond acceptors (Lipinski definition) is 4. The zero-order valence-electron chi connectivity index (χ0n) is 11.4. The molecule has 1 unspecified atom stereocenters. The fourth-order valence-electron chi connectivity index (χ4n) is 1.72. The van der Waals surface area contributed by atoms with Crippen LogP contribution in [0.5, 0.6) is 5.75 Å². The van der Waals surface area contributed by atoms with E-state index in [0.717, 1.165) is 12.2 Å². The molecule has 0 aliphatic rings. The van der Waals surface area contributed by atoms with E-state index in [2.05, 4.69) is 13.2 Å². The number of halogens is 1. The largest absolute Gasteiger partial charge is 0.495 e. The lowest BCUT2D eigenvalue weighted by atomic mass is 10.1. The monoisotopic (exact) mass is 272 g/mol. The molecule has 1 aromatic carbocycles. The van der Waals surface area contributed by atoms with Gasteiger partial charge in [-0.05, 0) is 25.4 Å². The van der Waals surface area contributed by atoms with Crippen molar-refractivity contribution in [3.8, 4) is 5.75 Å². The quantitative estimate of drug-likeness (QED) is 0.808. The van der Waals surface area contributed by atoms with Crippen molar-refractivity contribution in [2.24, 2.45) is 0 Å². The van der Waals surface area contributed by atoms with Gasteiger partial charge in [-0.25, -0.2) is 4.39 Å². The number of nitrogens with two attached hydrogens (primary N) is 1. The number of methoxy groups -OCH3 is 1. The van der Waals surface area contributed by atoms with Crippen molar-refractivity contribution in [3.05, 3.63) is 17.9 Å². The van der Waals surface area contributed by atoms with Crippen LogP contribution in [0.25, 0.3) is 0 Å². The number of thioether (sulfide) groups is 1. The second-order valence-electron chi connectivity index (χ2n) is 4.29. The highest BCUT2D eigenvalue weighted by Gasteiger charge is 2.16. The predicted octanol–water partition coefficient (Wildman–Crippen LogP) is 2.99. The molecule has 0 aromatic heterocycles. The molecule has 2 N–H and O–H groups in total. The lowest BCUT2D eigenvalue weighted by Gasteiger charge is -2.27. The molecule has 1 rings (SSSR count). The number of rotatable bonds is 6. The molecule has 1 aromatic rings. The highest BCUT2D eigenvalue weighted by atomic mass is 32.2. The third kappa shape index (κ3) is 3.45. The molecule has 0 heterocycles. The number of nitrogen functional groups attached to an aromatic ring is 1. The van der Waals surface area contributed by atoms with Crippen LogP contribution in [0.3, 0.4) is 0 Å². The summed E-state index contributed by atoms with van der Waals surface area (Å²) in [6.07, 6.45) is 3.07. The Kier molecular flexibility index (Phi) is 5.59. The SMILES string of the molecule is COc1cc(N(C)C(C)CCSC)c(F)cc1N. The fourth-order valence-corrected chi connectivity index (χ4v) is 2.30. The van der Waals surface area contributed by atoms with E-state index in [0.29, 0.717) is 17.1 Å². The molecule has 5 heteroatoms. The van der Waals surface area contributed by atoms with E-state index in [4.69, 9.17) is 10.5 Å². The van der Waals surface area contributed by atoms with E-state index in [1.807, 2.05) is 11.9 Å². The summed E-state index contributed by atoms with van der Waals surface area (Å²) in [5.41, 5.74) is 6.52. The van der Waals surface area contributed by atoms with Crippen molar-refractivity contribution in [3.63, 3.8) is 0 Å². The highest BCUT2D eigenvalue weighted by Crippen LogP contribution is 2.31. The fraction of sp³-hybridized carbons (Fsp3) is 0.538. The van der Waals surface area contributed by atoms with E-state index >= 15 is 0 Å². The molecule has 0 aliphatic heterocycles. The third-order valence-electron chi connectivity index (χ3n) is 3.08. The molecule has 0 bridgehead atoms. The van der Waals surface area contributed by atoms with Crippen LogP contribution in [0, 0.1) is 5.82 Å². The second kappa shape index (κ2) is 6.73. The lowest BCUT2D eigenvalue weighted by Crippen LogP contribution is -2.30. The molecular formula is C13H21FN2OS. The van der Waals surface area contributed by atoms with Crippen molar-refractivity contribution in [1.29, 1.82) is 0 Å². The molecule has 0 saturated heterocycles. The van der Waals surface area contributed by atoms with Crippen LogP contribution >= 0.6 is 11.8 Å². The topological polar surface area (TPSA) is 38.5 Å². The molecule has 0 radical (unpaired) electrons. The number of hydrogen-bond donors (Lipinski definition) is 1. The van der Waals surface area contributed by atoms with Crippen molar-refractivity contribution in [2.45, 2.75) is 19.4 Å². The van der Waals surface area contributed by atoms with Crippen LogP contribution in [0.2, 0.25) is 0 Å². The van der Waals surface area contributed by atoms with Gasteiger partial charge in [0.25, 0.3) is 0 Å². The summed E-state index contributed by atoms with van der Waals surface area (Å²) in [5.74, 6) is 1.25. The van der Waals surface area contributed by atoms with Gasteiger partial charge in [0.1, 0.15) is 11.6 Å². The summed E-state index contributed by atoms with van der Waals surface area (Å²) in [7, 11) is 3.42. The first kappa shape index (κ1) is 15.0. The Morgan fingerprint density at radius 1 is 1.50 bits per heavy atom. The molecule has 102 valence electrons. The van der Waals surface area contributed by atoms with Gasteiger partial charge in [-0.2, -0.15) is 11.8 Å². The molecule has 0 aliphatic carbocycles. The average Bonchev–Trinajstić information content (AvgIpc) is 2.35. The Morgan fingerprint density at radius 3 is 2.72 bits per heavy atom. The molecule has 18 heavy (non-hydrogen) atoms. The Morgan fingerprint density at radius 2 is 2.17 bits per heavy atom. The van der Waals surface area contributed by atoms with E-state index in [1.165, 1.54) is 13.2 Å². The minimum absolute atomic E-state index is 0.264. The molecule has 3 nitrogen and oxygen atoms in total. The van der Waals surface area contributed by atoms with Crippen LogP contribution in [0.4, 0.5) is 15.8 Å². The van der Waals surface area contributed by atoms with Crippen molar-refractivity contribution < 1.29 is 9.13 Å². The Balaban J connectivity index is 2.94. The molecule has 1 atom stereocenters. The first-order chi connectivity index (χ1) is 8.51. The van der Waals surface area contributed by atoms with Gasteiger partial charge in [-0.3, -0.25) is 0 Å². The zero-order chi connectivity index (χ0) is 13.7. The molecular weight excluding hydrogens is 251 g/mol. The van der Waals surface area contributed by atoms with Gasteiger partial charge in [0, 0.05) is 25.2 Å². The van der Waals surface area contributed by atoms with Crippen LogP contribution in [-0.4, -0.2) is 32.2 Å². The zero-order valence-corrected chi connectivity index (χ0v) is 12.2. The van der Waals surface area contributed by atoms with Gasteiger partial charge < -0.3 is 15.4 Å². The standard InChI is InChI=1S/C13H21FN2OS/c1-9(5-6-18-4)16(2)12-8-13(17-3)11(15)7-10(12)14/h7-9H,5-6,15H2,1-4H3. The number of ether oxygens (including phenoxy) is 1. The highest BCUT2D eigenvalue weighted by molar-refractivity contribution is 7.98. The second-order valence-corrected chi connectivity index (χ2v) is 5.27. The molecule has 0 saturated carbocycles. The van der Waals surface area contributed by atoms with Crippen LogP contribution in [-0.2, 0) is 0 Å². The van der Waals surface area contributed by atoms with Crippen molar-refractivity contribution >= 4 is 23.1 Å². The summed E-state index contributed by atoms with van der Waals surface area (Å²) < 4.78 is 19.0. The van der Waals surface area contributed by atoms with Gasteiger partial charge in [0.05, 0.1) is 18.5 Å². The minimum atomic E-state index is -0.313. The molecule has 0 spiro atoms. The normalized spacial score (nSPS) is 12.3. The first-order valence-electron chi connectivity index (χ1n) is 5.86. The van der Waals surface area contributed by atoms with Crippen molar-refractivity contribution in [1.82, 2.24) is 0 Å². The van der Waals surface area contributed by atoms with Gasteiger partial charge in [0.15, 0.2) is 0 Å². The Bertz CT molecular complexity index is 401. The van der Waals surface area contributed by atoms with Crippen LogP contribution in [0.1, 0.15) is 13.3 Å². The lowest BCUT2D eigenvalue weighted by molar-refractivity contribution is 0.416. The molecule has 0 fully saturated rings. The summed E-state index contributed by atoms with van der Waals surface area (Å²) in [6.45, 7) is 2.08. The summed E-state index contributed by atoms with van der Waals surface area (Å²) >= 11 is 1.79.